The van der Waals surface area contributed by atoms with Crippen LogP contribution in [0.15, 0.2) is 23.8 Å². The van der Waals surface area contributed by atoms with Crippen molar-refractivity contribution in [3.05, 3.63) is 23.8 Å². The summed E-state index contributed by atoms with van der Waals surface area (Å²) in [5, 5.41) is 55.8. The molecule has 0 aromatic carbocycles. The minimum Gasteiger partial charge on any atom is -0.462 e. The third-order valence-electron chi connectivity index (χ3n) is 13.4. The van der Waals surface area contributed by atoms with Crippen LogP contribution in [0.25, 0.3) is 0 Å². The minimum absolute atomic E-state index is 0.00788. The van der Waals surface area contributed by atoms with Crippen LogP contribution in [0.4, 0.5) is 0 Å². The van der Waals surface area contributed by atoms with E-state index in [9.17, 15) is 39.9 Å². The maximum Gasteiger partial charge on any atom is 0.308 e. The third-order valence-corrected chi connectivity index (χ3v) is 13.4. The third kappa shape index (κ3) is 13.5. The molecule has 3 saturated heterocycles. The van der Waals surface area contributed by atoms with Crippen molar-refractivity contribution in [1.82, 2.24) is 4.90 Å². The number of ether oxygens (including phenoxy) is 9. The maximum atomic E-state index is 13.8. The smallest absolute Gasteiger partial charge is 0.308 e. The molecule has 0 aromatic heterocycles. The van der Waals surface area contributed by atoms with Crippen LogP contribution < -0.4 is 0 Å². The molecule has 0 radical (unpaired) electrons. The first-order valence-corrected chi connectivity index (χ1v) is 22.7. The molecular formula is C46H77NO17. The topological polar surface area (TPSA) is 239 Å². The molecule has 5 N–H and O–H groups in total. The van der Waals surface area contributed by atoms with Gasteiger partial charge in [0.05, 0.1) is 55.2 Å². The molecule has 3 fully saturated rings. The van der Waals surface area contributed by atoms with Gasteiger partial charge in [0.25, 0.3) is 0 Å². The van der Waals surface area contributed by atoms with Gasteiger partial charge in [0, 0.05) is 44.8 Å². The quantitative estimate of drug-likeness (QED) is 0.131. The van der Waals surface area contributed by atoms with Gasteiger partial charge in [-0.25, -0.2) is 0 Å². The number of cyclic esters (lactones) is 1. The number of hydrogen-bond acceptors (Lipinski definition) is 18. The number of aldehydes is 1. The van der Waals surface area contributed by atoms with Gasteiger partial charge in [0.15, 0.2) is 24.7 Å². The van der Waals surface area contributed by atoms with E-state index in [2.05, 4.69) is 0 Å². The van der Waals surface area contributed by atoms with Crippen molar-refractivity contribution in [2.45, 2.75) is 191 Å². The molecule has 0 bridgehead atoms. The van der Waals surface area contributed by atoms with E-state index in [0.717, 1.165) is 6.29 Å². The fourth-order valence-electron chi connectivity index (χ4n) is 9.51. The zero-order valence-corrected chi connectivity index (χ0v) is 39.7. The van der Waals surface area contributed by atoms with Crippen molar-refractivity contribution >= 4 is 18.0 Å². The second-order valence-corrected chi connectivity index (χ2v) is 18.7. The molecule has 4 rings (SSSR count). The van der Waals surface area contributed by atoms with E-state index in [1.54, 1.807) is 59.7 Å². The zero-order chi connectivity index (χ0) is 47.8. The molecule has 0 spiro atoms. The molecule has 18 heteroatoms. The van der Waals surface area contributed by atoms with Gasteiger partial charge in [-0.15, -0.1) is 0 Å². The summed E-state index contributed by atoms with van der Waals surface area (Å²) in [5.74, 6) is -3.59. The number of hydrogen-bond donors (Lipinski definition) is 5. The second-order valence-electron chi connectivity index (χ2n) is 18.7. The number of nitrogens with zero attached hydrogens (tertiary/aromatic N) is 1. The Morgan fingerprint density at radius 1 is 0.859 bits per heavy atom. The second kappa shape index (κ2) is 24.1. The van der Waals surface area contributed by atoms with Gasteiger partial charge in [-0.05, 0) is 73.5 Å². The van der Waals surface area contributed by atoms with Crippen LogP contribution in [-0.4, -0.2) is 187 Å². The Labute approximate surface area is 378 Å². The summed E-state index contributed by atoms with van der Waals surface area (Å²) >= 11 is 0. The number of aliphatic hydroxyl groups excluding tert-OH is 4. The molecule has 4 heterocycles. The largest absolute Gasteiger partial charge is 0.462 e. The number of carbonyl (C=O) groups excluding carboxylic acids is 3. The summed E-state index contributed by atoms with van der Waals surface area (Å²) in [6, 6.07) is -0.748. The first-order chi connectivity index (χ1) is 30.1. The van der Waals surface area contributed by atoms with Gasteiger partial charge in [-0.2, -0.15) is 0 Å². The standard InChI is InChI=1S/C46H77NO17/c1-13-33-30(22-58-45-42(57-12)41(56-11)37(52)26(5)60-45)18-23(2)14-15-31(49)24(3)19-29(16-17-48)39(25(4)32(50)20-34(51)62-33)64-44-38(53)36(47(9)10)40(27(6)61-44)63-35-21-46(8,55)43(54)28(7)59-35/h14-15,17-18,24-30,32-33,35-45,50,52-55H,13,16,19-22H2,1-12H3/b15-14-,23-18-/t24-,25+,26-,27-,28+,29+,30-,32-,33-,35-,36-,37-,38-,39-,40-,41-,42-,43+,44+,45-,46-/m1/s1. The number of methoxy groups -OCH3 is 2. The summed E-state index contributed by atoms with van der Waals surface area (Å²) < 4.78 is 54.7. The average Bonchev–Trinajstić information content (AvgIpc) is 3.23. The summed E-state index contributed by atoms with van der Waals surface area (Å²) in [4.78, 5) is 41.5. The lowest BCUT2D eigenvalue weighted by Gasteiger charge is -2.50. The Balaban J connectivity index is 1.62. The molecule has 64 heavy (non-hydrogen) atoms. The number of aliphatic hydroxyl groups is 5. The van der Waals surface area contributed by atoms with Gasteiger partial charge < -0.3 is 77.9 Å². The fourth-order valence-corrected chi connectivity index (χ4v) is 9.51. The number of ketones is 1. The van der Waals surface area contributed by atoms with Gasteiger partial charge in [-0.3, -0.25) is 9.59 Å². The van der Waals surface area contributed by atoms with Crippen molar-refractivity contribution in [3.63, 3.8) is 0 Å². The molecule has 0 saturated carbocycles. The van der Waals surface area contributed by atoms with Crippen molar-refractivity contribution in [2.75, 3.05) is 34.9 Å². The van der Waals surface area contributed by atoms with E-state index in [1.807, 2.05) is 19.9 Å². The number of allylic oxidation sites excluding steroid dienone is 3. The molecule has 0 amide bonds. The Hall–Kier alpha value is -2.27. The Morgan fingerprint density at radius 2 is 1.52 bits per heavy atom. The molecule has 0 aliphatic carbocycles. The van der Waals surface area contributed by atoms with Crippen LogP contribution in [0.2, 0.25) is 0 Å². The number of rotatable bonds is 13. The van der Waals surface area contributed by atoms with Crippen molar-refractivity contribution in [3.8, 4) is 0 Å². The van der Waals surface area contributed by atoms with Crippen LogP contribution in [0.1, 0.15) is 87.5 Å². The number of esters is 1. The predicted octanol–water partition coefficient (Wildman–Crippen LogP) is 1.83. The molecule has 368 valence electrons. The molecule has 4 aliphatic rings. The molecule has 18 nitrogen and oxygen atoms in total. The van der Waals surface area contributed by atoms with Gasteiger partial charge in [0.1, 0.15) is 49.0 Å². The van der Waals surface area contributed by atoms with E-state index in [4.69, 9.17) is 42.6 Å². The van der Waals surface area contributed by atoms with E-state index in [1.165, 1.54) is 27.2 Å². The SMILES string of the molecule is CC[C@H]1OC(=O)C[C@@H](O)[C@H](C)[C@@H](O[C@@H]2O[C@H](C)[C@@H](O[C@@H]3C[C@@](C)(O)[C@@H](O)[C@H](C)O3)[C@H](N(C)C)[C@H]2O)[C@@H](CC=O)C[C@@H](C)C(=O)/C=C\C(C)=C/[C@@H]1CO[C@@H]1O[C@H](C)[C@@H](O)[C@@H](OC)[C@H]1OC. The normalized spacial score (nSPS) is 45.9. The highest BCUT2D eigenvalue weighted by Gasteiger charge is 2.52. The van der Waals surface area contributed by atoms with Gasteiger partial charge >= 0.3 is 5.97 Å². The summed E-state index contributed by atoms with van der Waals surface area (Å²) in [6.45, 7) is 13.6. The lowest BCUT2D eigenvalue weighted by molar-refractivity contribution is -0.341. The van der Waals surface area contributed by atoms with E-state index in [-0.39, 0.29) is 31.7 Å². The molecule has 4 aliphatic heterocycles. The Morgan fingerprint density at radius 3 is 2.11 bits per heavy atom. The summed E-state index contributed by atoms with van der Waals surface area (Å²) in [5.41, 5.74) is -0.806. The number of carbonyl (C=O) groups is 3. The number of likely N-dealkylation sites (N-methyl/N-ethyl adjacent to an activating group) is 1. The van der Waals surface area contributed by atoms with Crippen LogP contribution in [0.3, 0.4) is 0 Å². The lowest BCUT2D eigenvalue weighted by atomic mass is 9.79. The summed E-state index contributed by atoms with van der Waals surface area (Å²) in [6.07, 6.45) is -8.49. The molecule has 0 aromatic rings. The van der Waals surface area contributed by atoms with Crippen LogP contribution >= 0.6 is 0 Å². The lowest BCUT2D eigenvalue weighted by Crippen LogP contribution is -2.65. The van der Waals surface area contributed by atoms with E-state index in [0.29, 0.717) is 12.0 Å². The molecule has 21 atom stereocenters. The minimum atomic E-state index is -1.49. The monoisotopic (exact) mass is 916 g/mol. The highest BCUT2D eigenvalue weighted by molar-refractivity contribution is 5.91. The van der Waals surface area contributed by atoms with E-state index < -0.39 is 140 Å². The first-order valence-electron chi connectivity index (χ1n) is 22.7. The van der Waals surface area contributed by atoms with Crippen LogP contribution in [0.5, 0.6) is 0 Å². The van der Waals surface area contributed by atoms with E-state index >= 15 is 0 Å². The van der Waals surface area contributed by atoms with Crippen molar-refractivity contribution in [2.24, 2.45) is 23.7 Å². The Bertz CT molecular complexity index is 1560. The average molecular weight is 916 g/mol. The maximum absolute atomic E-state index is 13.8. The molecular weight excluding hydrogens is 838 g/mol. The summed E-state index contributed by atoms with van der Waals surface area (Å²) in [7, 11) is 6.43. The van der Waals surface area contributed by atoms with Crippen molar-refractivity contribution < 1.29 is 82.5 Å². The van der Waals surface area contributed by atoms with Crippen LogP contribution in [-0.2, 0) is 57.0 Å². The van der Waals surface area contributed by atoms with Crippen LogP contribution in [0, 0.1) is 23.7 Å². The highest BCUT2D eigenvalue weighted by Crippen LogP contribution is 2.37. The van der Waals surface area contributed by atoms with Crippen molar-refractivity contribution in [1.29, 1.82) is 0 Å². The Kier molecular flexibility index (Phi) is 20.5. The molecule has 0 unspecified atom stereocenters. The van der Waals surface area contributed by atoms with Gasteiger partial charge in [-0.1, -0.05) is 38.5 Å². The first kappa shape index (κ1) is 54.3. The fraction of sp³-hybridized carbons (Fsp3) is 0.848. The highest BCUT2D eigenvalue weighted by atomic mass is 16.7. The predicted molar refractivity (Wildman–Crippen MR) is 230 cm³/mol. The zero-order valence-electron chi connectivity index (χ0n) is 39.7. The van der Waals surface area contributed by atoms with Gasteiger partial charge in [0.2, 0.25) is 0 Å².